The summed E-state index contributed by atoms with van der Waals surface area (Å²) in [5, 5.41) is 45.7. The summed E-state index contributed by atoms with van der Waals surface area (Å²) in [6, 6.07) is 20.3. The number of unbranched alkanes of at least 4 members (excludes halogenated alkanes) is 2. The molecule has 61 heavy (non-hydrogen) atoms. The number of aliphatic hydroxyl groups excluding tert-OH is 3. The summed E-state index contributed by atoms with van der Waals surface area (Å²) in [5.41, 5.74) is 3.09. The quantitative estimate of drug-likeness (QED) is 0.0374. The molecule has 1 saturated carbocycles. The zero-order valence-electron chi connectivity index (χ0n) is 34.6. The molecule has 328 valence electrons. The number of nitrogens with zero attached hydrogens (tertiary/aromatic N) is 3. The van der Waals surface area contributed by atoms with Crippen molar-refractivity contribution in [2.24, 2.45) is 22.9 Å². The van der Waals surface area contributed by atoms with E-state index in [2.05, 4.69) is 12.7 Å². The van der Waals surface area contributed by atoms with Crippen molar-refractivity contribution in [3.63, 3.8) is 0 Å². The van der Waals surface area contributed by atoms with Gasteiger partial charge in [-0.15, -0.1) is 6.58 Å². The number of benzene rings is 3. The van der Waals surface area contributed by atoms with Gasteiger partial charge in [-0.25, -0.2) is 4.79 Å². The molecule has 0 saturated heterocycles. The number of oxime groups is 1. The molecular weight excluding hydrogens is 787 g/mol. The number of nitro benzene ring substituents is 1. The second-order valence-corrected chi connectivity index (χ2v) is 15.4. The van der Waals surface area contributed by atoms with E-state index in [4.69, 9.17) is 33.7 Å². The summed E-state index contributed by atoms with van der Waals surface area (Å²) in [7, 11) is 1.31. The number of fused-ring (bicyclic) bond motifs is 2. The van der Waals surface area contributed by atoms with Crippen LogP contribution in [0.1, 0.15) is 62.0 Å². The van der Waals surface area contributed by atoms with Gasteiger partial charge in [-0.1, -0.05) is 66.5 Å². The van der Waals surface area contributed by atoms with Crippen molar-refractivity contribution in [1.82, 2.24) is 4.90 Å². The average molecular weight is 844 g/mol. The van der Waals surface area contributed by atoms with E-state index in [-0.39, 0.29) is 82.7 Å². The average Bonchev–Trinajstić information content (AvgIpc) is 3.27. The molecule has 0 bridgehead atoms. The van der Waals surface area contributed by atoms with Crippen molar-refractivity contribution >= 4 is 17.5 Å². The summed E-state index contributed by atoms with van der Waals surface area (Å²) < 4.78 is 31.5. The number of non-ortho nitro benzene ring substituents is 1. The number of hydrogen-bond acceptors (Lipinski definition) is 13. The van der Waals surface area contributed by atoms with Gasteiger partial charge in [-0.3, -0.25) is 15.0 Å². The summed E-state index contributed by atoms with van der Waals surface area (Å²) >= 11 is 0. The number of aliphatic hydroxyl groups is 3. The van der Waals surface area contributed by atoms with Crippen LogP contribution < -0.4 is 9.47 Å². The minimum Gasteiger partial charge on any atom is -0.459 e. The van der Waals surface area contributed by atoms with Gasteiger partial charge >= 0.3 is 6.09 Å². The topological polar surface area (TPSA) is 192 Å². The van der Waals surface area contributed by atoms with Crippen LogP contribution in [0.2, 0.25) is 0 Å². The second-order valence-electron chi connectivity index (χ2n) is 15.4. The van der Waals surface area contributed by atoms with Gasteiger partial charge in [0.2, 0.25) is 5.79 Å². The fourth-order valence-corrected chi connectivity index (χ4v) is 9.09. The highest BCUT2D eigenvalue weighted by molar-refractivity contribution is 6.03. The fraction of sp³-hybridized carbons (Fsp3) is 0.478. The highest BCUT2D eigenvalue weighted by Crippen LogP contribution is 2.62. The minimum absolute atomic E-state index is 0.00893. The van der Waals surface area contributed by atoms with Crippen LogP contribution in [0.4, 0.5) is 10.5 Å². The van der Waals surface area contributed by atoms with Crippen LogP contribution in [-0.2, 0) is 25.7 Å². The summed E-state index contributed by atoms with van der Waals surface area (Å²) in [6.07, 6.45) is 7.59. The Labute approximate surface area is 356 Å². The molecule has 0 spiro atoms. The Bertz CT molecular complexity index is 1990. The van der Waals surface area contributed by atoms with E-state index >= 15 is 0 Å². The number of carbonyl (C=O) groups excluding carboxylic acids is 1. The standard InChI is InChI=1S/C46H57N3O12/c1-3-24-58-46-42(48(45(53)56-2)20-25-57-26-23-52)30-40(47-59-31-32-12-5-4-6-13-32)38-27-33(14-7-9-21-50)37(17-8-10-22-51)43(44(38)46)39-29-36(18-19-41(39)61-46)60-35-16-11-15-34(28-35)49(54)55/h3-6,11-13,15-16,18-19,27-29,33,37,42-44,50-52H,1,7-10,14,17,20-26,30-31H2,2H3/t33-,37+,42-,43+,44+,46+/m0/s1. The third-order valence-electron chi connectivity index (χ3n) is 11.7. The van der Waals surface area contributed by atoms with Gasteiger partial charge in [-0.05, 0) is 72.9 Å². The van der Waals surface area contributed by atoms with Gasteiger partial charge in [0.05, 0.1) is 56.2 Å². The van der Waals surface area contributed by atoms with Gasteiger partial charge < -0.3 is 43.8 Å². The largest absolute Gasteiger partial charge is 0.459 e. The first-order chi connectivity index (χ1) is 29.8. The van der Waals surface area contributed by atoms with Crippen LogP contribution in [0.15, 0.2) is 102 Å². The van der Waals surface area contributed by atoms with Crippen LogP contribution >= 0.6 is 0 Å². The highest BCUT2D eigenvalue weighted by atomic mass is 16.7. The minimum atomic E-state index is -1.53. The molecule has 1 heterocycles. The first-order valence-electron chi connectivity index (χ1n) is 21.0. The Balaban J connectivity index is 1.57. The number of methoxy groups -OCH3 is 1. The molecule has 2 aliphatic carbocycles. The molecule has 1 amide bonds. The molecule has 0 radical (unpaired) electrons. The normalized spacial score (nSPS) is 23.2. The van der Waals surface area contributed by atoms with Gasteiger partial charge in [0.15, 0.2) is 0 Å². The molecule has 3 aromatic carbocycles. The summed E-state index contributed by atoms with van der Waals surface area (Å²) in [5.74, 6) is -1.29. The molecule has 0 unspecified atom stereocenters. The van der Waals surface area contributed by atoms with E-state index in [1.54, 1.807) is 35.2 Å². The molecule has 6 rings (SSSR count). The highest BCUT2D eigenvalue weighted by Gasteiger charge is 2.65. The van der Waals surface area contributed by atoms with E-state index in [1.807, 2.05) is 36.4 Å². The number of allylic oxidation sites excluding steroid dienone is 1. The maximum Gasteiger partial charge on any atom is 0.410 e. The zero-order chi connectivity index (χ0) is 43.2. The van der Waals surface area contributed by atoms with E-state index in [0.29, 0.717) is 35.8 Å². The number of hydrogen-bond donors (Lipinski definition) is 3. The maximum absolute atomic E-state index is 14.0. The molecule has 3 aromatic rings. The summed E-state index contributed by atoms with van der Waals surface area (Å²) in [6.45, 7) is 4.38. The molecular formula is C46H57N3O12. The summed E-state index contributed by atoms with van der Waals surface area (Å²) in [4.78, 5) is 32.8. The van der Waals surface area contributed by atoms with E-state index in [1.165, 1.54) is 19.2 Å². The molecule has 6 atom stereocenters. The molecule has 1 fully saturated rings. The number of amides is 1. The first kappa shape index (κ1) is 45.2. The van der Waals surface area contributed by atoms with Crippen molar-refractivity contribution in [1.29, 1.82) is 0 Å². The van der Waals surface area contributed by atoms with Gasteiger partial charge in [0, 0.05) is 43.7 Å². The first-order valence-corrected chi connectivity index (χ1v) is 21.0. The predicted octanol–water partition coefficient (Wildman–Crippen LogP) is 7.30. The van der Waals surface area contributed by atoms with Crippen LogP contribution in [0, 0.1) is 27.9 Å². The van der Waals surface area contributed by atoms with Crippen molar-refractivity contribution in [3.8, 4) is 17.2 Å². The Kier molecular flexibility index (Phi) is 16.3. The van der Waals surface area contributed by atoms with Crippen molar-refractivity contribution in [2.45, 2.75) is 69.3 Å². The van der Waals surface area contributed by atoms with Crippen molar-refractivity contribution in [2.75, 3.05) is 53.3 Å². The van der Waals surface area contributed by atoms with E-state index in [9.17, 15) is 30.2 Å². The molecule has 3 N–H and O–H groups in total. The zero-order valence-corrected chi connectivity index (χ0v) is 34.6. The maximum atomic E-state index is 14.0. The lowest BCUT2D eigenvalue weighted by atomic mass is 9.55. The lowest BCUT2D eigenvalue weighted by Gasteiger charge is -2.59. The Morgan fingerprint density at radius 2 is 1.75 bits per heavy atom. The molecule has 0 aromatic heterocycles. The van der Waals surface area contributed by atoms with Crippen LogP contribution in [-0.4, -0.2) is 102 Å². The third kappa shape index (κ3) is 10.6. The molecule has 1 aliphatic heterocycles. The monoisotopic (exact) mass is 843 g/mol. The number of nitro groups is 1. The fourth-order valence-electron chi connectivity index (χ4n) is 9.09. The molecule has 15 nitrogen and oxygen atoms in total. The molecule has 3 aliphatic rings. The Morgan fingerprint density at radius 3 is 2.48 bits per heavy atom. The van der Waals surface area contributed by atoms with Crippen molar-refractivity contribution in [3.05, 3.63) is 118 Å². The SMILES string of the molecule is C=CCO[C@@]12Oc3ccc(Oc4cccc([N+](=O)[O-])c4)cc3[C@H]3[C@H](CCCCO)[C@@H](CCCCO)C=C(C(=NOCc4ccccc4)C[C@@H]1N(CCOCCO)C(=O)OC)[C@H]32. The van der Waals surface area contributed by atoms with Crippen molar-refractivity contribution < 1.29 is 53.6 Å². The second kappa shape index (κ2) is 22.0. The van der Waals surface area contributed by atoms with E-state index < -0.39 is 28.8 Å². The molecule has 15 heteroatoms. The van der Waals surface area contributed by atoms with Gasteiger partial charge in [0.1, 0.15) is 29.9 Å². The number of rotatable bonds is 23. The lowest BCUT2D eigenvalue weighted by Crippen LogP contribution is -2.70. The van der Waals surface area contributed by atoms with E-state index in [0.717, 1.165) is 42.4 Å². The smallest absolute Gasteiger partial charge is 0.410 e. The van der Waals surface area contributed by atoms with Crippen LogP contribution in [0.5, 0.6) is 17.2 Å². The van der Waals surface area contributed by atoms with Gasteiger partial charge in [0.25, 0.3) is 5.69 Å². The van der Waals surface area contributed by atoms with Crippen LogP contribution in [0.3, 0.4) is 0 Å². The van der Waals surface area contributed by atoms with Crippen LogP contribution in [0.25, 0.3) is 0 Å². The Morgan fingerprint density at radius 1 is 0.984 bits per heavy atom. The number of carbonyl (C=O) groups is 1. The third-order valence-corrected chi connectivity index (χ3v) is 11.7. The lowest BCUT2D eigenvalue weighted by molar-refractivity contribution is -0.384. The number of ether oxygens (including phenoxy) is 5. The Hall–Kier alpha value is -5.32. The predicted molar refractivity (Wildman–Crippen MR) is 226 cm³/mol. The van der Waals surface area contributed by atoms with Gasteiger partial charge in [-0.2, -0.15) is 0 Å².